The molecule has 2 bridgehead atoms. The first-order valence-corrected chi connectivity index (χ1v) is 15.7. The monoisotopic (exact) mass is 568 g/mol. The van der Waals surface area contributed by atoms with E-state index in [2.05, 4.69) is 125 Å². The van der Waals surface area contributed by atoms with Gasteiger partial charge < -0.3 is 0 Å². The molecule has 44 heavy (non-hydrogen) atoms. The van der Waals surface area contributed by atoms with Crippen LogP contribution >= 0.6 is 0 Å². The number of hydrogen-bond acceptors (Lipinski definition) is 2. The molecule has 3 aliphatic rings. The van der Waals surface area contributed by atoms with Crippen molar-refractivity contribution in [3.63, 3.8) is 0 Å². The van der Waals surface area contributed by atoms with Crippen LogP contribution in [0.3, 0.4) is 0 Å². The molecule has 1 saturated carbocycles. The minimum absolute atomic E-state index is 0.794. The summed E-state index contributed by atoms with van der Waals surface area (Å²) < 4.78 is 0. The Labute approximate surface area is 260 Å². The van der Waals surface area contributed by atoms with Crippen LogP contribution in [0.25, 0.3) is 44.1 Å². The van der Waals surface area contributed by atoms with Crippen LogP contribution in [-0.2, 0) is 0 Å². The highest BCUT2D eigenvalue weighted by Gasteiger charge is 2.33. The van der Waals surface area contributed by atoms with E-state index >= 15 is 0 Å². The third-order valence-electron chi connectivity index (χ3n) is 9.03. The molecule has 0 atom stereocenters. The summed E-state index contributed by atoms with van der Waals surface area (Å²) in [6.07, 6.45) is 9.48. The van der Waals surface area contributed by atoms with Crippen molar-refractivity contribution in [3.8, 4) is 22.5 Å². The second kappa shape index (κ2) is 13.1. The van der Waals surface area contributed by atoms with Gasteiger partial charge in [-0.05, 0) is 88.4 Å². The van der Waals surface area contributed by atoms with Crippen molar-refractivity contribution in [1.82, 2.24) is 9.97 Å². The van der Waals surface area contributed by atoms with E-state index in [-0.39, 0.29) is 0 Å². The van der Waals surface area contributed by atoms with Gasteiger partial charge in [-0.2, -0.15) is 0 Å². The van der Waals surface area contributed by atoms with Crippen molar-refractivity contribution in [2.45, 2.75) is 37.5 Å². The Balaban J connectivity index is 0.000000109. The Morgan fingerprint density at radius 1 is 0.409 bits per heavy atom. The molecule has 214 valence electrons. The maximum atomic E-state index is 4.68. The van der Waals surface area contributed by atoms with Gasteiger partial charge >= 0.3 is 0 Å². The van der Waals surface area contributed by atoms with E-state index in [1.165, 1.54) is 58.4 Å². The molecule has 2 heterocycles. The van der Waals surface area contributed by atoms with Crippen molar-refractivity contribution in [3.05, 3.63) is 169 Å². The molecule has 2 aromatic heterocycles. The maximum Gasteiger partial charge on any atom is 0.0705 e. The highest BCUT2D eigenvalue weighted by molar-refractivity contribution is 6.07. The molecule has 0 unspecified atom stereocenters. The first-order chi connectivity index (χ1) is 21.8. The summed E-state index contributed by atoms with van der Waals surface area (Å²) in [4.78, 5) is 8.93. The highest BCUT2D eigenvalue weighted by atomic mass is 14.7. The summed E-state index contributed by atoms with van der Waals surface area (Å²) in [6.45, 7) is 0. The van der Waals surface area contributed by atoms with Gasteiger partial charge in [0.05, 0.1) is 11.4 Å². The molecule has 3 aliphatic carbocycles. The maximum absolute atomic E-state index is 4.68. The van der Waals surface area contributed by atoms with Crippen LogP contribution in [0.4, 0.5) is 0 Å². The lowest BCUT2D eigenvalue weighted by atomic mass is 9.67. The largest absolute Gasteiger partial charge is 0.256 e. The molecule has 2 nitrogen and oxygen atoms in total. The zero-order valence-electron chi connectivity index (χ0n) is 24.9. The molecule has 0 N–H and O–H groups in total. The van der Waals surface area contributed by atoms with Crippen molar-refractivity contribution < 1.29 is 0 Å². The average Bonchev–Trinajstić information content (AvgIpc) is 3.14. The first-order valence-electron chi connectivity index (χ1n) is 15.7. The van der Waals surface area contributed by atoms with Gasteiger partial charge in [0.15, 0.2) is 0 Å². The summed E-state index contributed by atoms with van der Waals surface area (Å²) >= 11 is 0. The fourth-order valence-corrected chi connectivity index (χ4v) is 6.76. The van der Waals surface area contributed by atoms with Gasteiger partial charge in [-0.15, -0.1) is 0 Å². The minimum atomic E-state index is 0.794. The van der Waals surface area contributed by atoms with E-state index in [0.717, 1.165) is 28.8 Å². The van der Waals surface area contributed by atoms with Crippen LogP contribution in [0.15, 0.2) is 158 Å². The standard InChI is InChI=1S/C17H17N.C14H10.C11H9N/c1-2-4-14(5-3-1)17-10-15-12-6-8-13(9-7-12)16(15)11-18-17;1-3-7-13-11(5-1)9-10-12-6-2-4-8-14(12)13;1-2-6-10(7-3-1)11-8-4-5-9-12-11/h1-5,10-13H,6-9H2;1-10H;1-9H. The highest BCUT2D eigenvalue weighted by Crippen LogP contribution is 2.49. The summed E-state index contributed by atoms with van der Waals surface area (Å²) in [5.41, 5.74) is 7.70. The Bertz CT molecular complexity index is 1870. The lowest BCUT2D eigenvalue weighted by Gasteiger charge is -2.38. The quantitative estimate of drug-likeness (QED) is 0.194. The topological polar surface area (TPSA) is 25.8 Å². The van der Waals surface area contributed by atoms with Crippen molar-refractivity contribution in [2.24, 2.45) is 0 Å². The molecule has 7 aromatic rings. The van der Waals surface area contributed by atoms with Crippen LogP contribution in [0.2, 0.25) is 0 Å². The molecule has 0 aliphatic heterocycles. The molecule has 0 saturated heterocycles. The number of hydrogen-bond donors (Lipinski definition) is 0. The van der Waals surface area contributed by atoms with Crippen LogP contribution in [-0.4, -0.2) is 9.97 Å². The zero-order valence-corrected chi connectivity index (χ0v) is 24.9. The number of aromatic nitrogens is 2. The van der Waals surface area contributed by atoms with Gasteiger partial charge in [0.25, 0.3) is 0 Å². The van der Waals surface area contributed by atoms with Crippen molar-refractivity contribution in [2.75, 3.05) is 0 Å². The Morgan fingerprint density at radius 3 is 1.48 bits per heavy atom. The number of rotatable bonds is 2. The van der Waals surface area contributed by atoms with Crippen LogP contribution in [0, 0.1) is 0 Å². The molecule has 2 heteroatoms. The summed E-state index contributed by atoms with van der Waals surface area (Å²) in [6, 6.07) is 50.3. The second-order valence-electron chi connectivity index (χ2n) is 11.7. The predicted molar refractivity (Wildman–Crippen MR) is 185 cm³/mol. The predicted octanol–water partition coefficient (Wildman–Crippen LogP) is 11.2. The molecule has 0 radical (unpaired) electrons. The molecule has 1 fully saturated rings. The van der Waals surface area contributed by atoms with Crippen molar-refractivity contribution >= 4 is 21.5 Å². The zero-order chi connectivity index (χ0) is 29.6. The minimum Gasteiger partial charge on any atom is -0.256 e. The fourth-order valence-electron chi connectivity index (χ4n) is 6.76. The summed E-state index contributed by atoms with van der Waals surface area (Å²) in [5, 5.41) is 5.30. The van der Waals surface area contributed by atoms with E-state index in [4.69, 9.17) is 0 Å². The second-order valence-corrected chi connectivity index (χ2v) is 11.7. The molecule has 5 aromatic carbocycles. The number of nitrogens with zero attached hydrogens (tertiary/aromatic N) is 2. The van der Waals surface area contributed by atoms with E-state index in [0.29, 0.717) is 0 Å². The van der Waals surface area contributed by atoms with Crippen LogP contribution in [0.5, 0.6) is 0 Å². The SMILES string of the molecule is c1ccc(-c2cc3c(cn2)C2CCC3CC2)cc1.c1ccc(-c2ccccn2)cc1.c1ccc2c(c1)ccc1ccccc12. The van der Waals surface area contributed by atoms with Gasteiger partial charge in [0.1, 0.15) is 0 Å². The Hall–Kier alpha value is -5.08. The molecule has 10 rings (SSSR count). The summed E-state index contributed by atoms with van der Waals surface area (Å²) in [7, 11) is 0. The average molecular weight is 569 g/mol. The first kappa shape index (κ1) is 27.7. The normalized spacial score (nSPS) is 16.3. The van der Waals surface area contributed by atoms with Gasteiger partial charge in [0, 0.05) is 23.5 Å². The Kier molecular flexibility index (Phi) is 8.23. The van der Waals surface area contributed by atoms with E-state index in [9.17, 15) is 0 Å². The van der Waals surface area contributed by atoms with Gasteiger partial charge in [-0.25, -0.2) is 0 Å². The lowest BCUT2D eigenvalue weighted by Crippen LogP contribution is -2.21. The number of benzene rings is 5. The molecule has 0 amide bonds. The summed E-state index contributed by atoms with van der Waals surface area (Å²) in [5.74, 6) is 1.60. The van der Waals surface area contributed by atoms with E-state index in [1.54, 1.807) is 5.56 Å². The molecular formula is C42H36N2. The molecule has 0 spiro atoms. The van der Waals surface area contributed by atoms with Crippen LogP contribution in [0.1, 0.15) is 48.6 Å². The van der Waals surface area contributed by atoms with Crippen LogP contribution < -0.4 is 0 Å². The lowest BCUT2D eigenvalue weighted by molar-refractivity contribution is 0.358. The fraction of sp³-hybridized carbons (Fsp3) is 0.143. The van der Waals surface area contributed by atoms with E-state index in [1.807, 2.05) is 42.6 Å². The third-order valence-corrected chi connectivity index (χ3v) is 9.03. The number of pyridine rings is 2. The number of fused-ring (bicyclic) bond motifs is 5. The van der Waals surface area contributed by atoms with Gasteiger partial charge in [0.2, 0.25) is 0 Å². The van der Waals surface area contributed by atoms with Gasteiger partial charge in [-0.1, -0.05) is 127 Å². The Morgan fingerprint density at radius 2 is 0.909 bits per heavy atom. The third kappa shape index (κ3) is 6.02. The smallest absolute Gasteiger partial charge is 0.0705 e. The van der Waals surface area contributed by atoms with E-state index < -0.39 is 0 Å². The van der Waals surface area contributed by atoms with Gasteiger partial charge in [-0.3, -0.25) is 9.97 Å². The molecular weight excluding hydrogens is 532 g/mol. The van der Waals surface area contributed by atoms with Crippen molar-refractivity contribution in [1.29, 1.82) is 0 Å².